The molecular formula is C11H12N2O2. The molecule has 0 aliphatic heterocycles. The molecule has 0 unspecified atom stereocenters. The minimum Gasteiger partial charge on any atom is -0.461 e. The van der Waals surface area contributed by atoms with Gasteiger partial charge in [-0.25, -0.2) is 4.79 Å². The lowest BCUT2D eigenvalue weighted by Gasteiger charge is -1.98. The molecule has 2 aromatic rings. The number of esters is 1. The van der Waals surface area contributed by atoms with E-state index in [9.17, 15) is 4.79 Å². The van der Waals surface area contributed by atoms with Crippen LogP contribution in [-0.2, 0) is 4.74 Å². The highest BCUT2D eigenvalue weighted by Crippen LogP contribution is 2.16. The summed E-state index contributed by atoms with van der Waals surface area (Å²) >= 11 is 0. The van der Waals surface area contributed by atoms with Gasteiger partial charge in [0.1, 0.15) is 5.69 Å². The molecule has 0 bridgehead atoms. The SMILES string of the molecule is CCOC(=O)c1ccc(-c2ccc[nH]2)[nH]1. The maximum Gasteiger partial charge on any atom is 0.354 e. The number of hydrogen-bond acceptors (Lipinski definition) is 2. The zero-order valence-electron chi connectivity index (χ0n) is 8.41. The molecule has 0 aliphatic rings. The maximum absolute atomic E-state index is 11.4. The molecule has 2 N–H and O–H groups in total. The molecule has 2 aromatic heterocycles. The van der Waals surface area contributed by atoms with Crippen molar-refractivity contribution in [1.29, 1.82) is 0 Å². The highest BCUT2D eigenvalue weighted by molar-refractivity contribution is 5.88. The molecule has 2 rings (SSSR count). The zero-order valence-corrected chi connectivity index (χ0v) is 8.41. The molecular weight excluding hydrogens is 192 g/mol. The van der Waals surface area contributed by atoms with Crippen molar-refractivity contribution < 1.29 is 9.53 Å². The summed E-state index contributed by atoms with van der Waals surface area (Å²) in [6.07, 6.45) is 1.83. The van der Waals surface area contributed by atoms with Crippen LogP contribution in [0.15, 0.2) is 30.5 Å². The summed E-state index contributed by atoms with van der Waals surface area (Å²) in [5.41, 5.74) is 2.30. The molecule has 4 nitrogen and oxygen atoms in total. The van der Waals surface area contributed by atoms with Crippen molar-refractivity contribution in [1.82, 2.24) is 9.97 Å². The van der Waals surface area contributed by atoms with Gasteiger partial charge in [0.2, 0.25) is 0 Å². The first-order valence-corrected chi connectivity index (χ1v) is 4.81. The summed E-state index contributed by atoms with van der Waals surface area (Å²) in [7, 11) is 0. The molecule has 0 fully saturated rings. The van der Waals surface area contributed by atoms with Crippen LogP contribution in [0.4, 0.5) is 0 Å². The first kappa shape index (κ1) is 9.58. The highest BCUT2D eigenvalue weighted by Gasteiger charge is 2.09. The third-order valence-corrected chi connectivity index (χ3v) is 2.07. The normalized spacial score (nSPS) is 10.2. The van der Waals surface area contributed by atoms with Crippen LogP contribution in [0.25, 0.3) is 11.4 Å². The predicted octanol–water partition coefficient (Wildman–Crippen LogP) is 2.19. The number of aromatic amines is 2. The number of hydrogen-bond donors (Lipinski definition) is 2. The average Bonchev–Trinajstić information content (AvgIpc) is 2.89. The van der Waals surface area contributed by atoms with Gasteiger partial charge in [-0.1, -0.05) is 0 Å². The van der Waals surface area contributed by atoms with Crippen LogP contribution in [0.5, 0.6) is 0 Å². The Hall–Kier alpha value is -1.97. The van der Waals surface area contributed by atoms with Crippen molar-refractivity contribution in [3.05, 3.63) is 36.2 Å². The quantitative estimate of drug-likeness (QED) is 0.753. The minimum atomic E-state index is -0.324. The monoisotopic (exact) mass is 204 g/mol. The molecule has 0 amide bonds. The van der Waals surface area contributed by atoms with Gasteiger partial charge in [0.25, 0.3) is 0 Å². The van der Waals surface area contributed by atoms with Gasteiger partial charge in [-0.05, 0) is 31.2 Å². The first-order valence-electron chi connectivity index (χ1n) is 4.81. The van der Waals surface area contributed by atoms with Crippen molar-refractivity contribution >= 4 is 5.97 Å². The standard InChI is InChI=1S/C11H12N2O2/c1-2-15-11(14)10-6-5-9(13-10)8-4-3-7-12-8/h3-7,12-13H,2H2,1H3. The highest BCUT2D eigenvalue weighted by atomic mass is 16.5. The van der Waals surface area contributed by atoms with Gasteiger partial charge in [0.15, 0.2) is 0 Å². The van der Waals surface area contributed by atoms with Crippen LogP contribution in [0.2, 0.25) is 0 Å². The maximum atomic E-state index is 11.4. The van der Waals surface area contributed by atoms with Crippen molar-refractivity contribution in [2.24, 2.45) is 0 Å². The number of nitrogens with one attached hydrogen (secondary N) is 2. The van der Waals surface area contributed by atoms with E-state index in [0.717, 1.165) is 11.4 Å². The van der Waals surface area contributed by atoms with Gasteiger partial charge in [-0.15, -0.1) is 0 Å². The van der Waals surface area contributed by atoms with Gasteiger partial charge in [-0.2, -0.15) is 0 Å². The zero-order chi connectivity index (χ0) is 10.7. The molecule has 0 atom stereocenters. The Kier molecular flexibility index (Phi) is 2.58. The van der Waals surface area contributed by atoms with Gasteiger partial charge in [-0.3, -0.25) is 0 Å². The molecule has 15 heavy (non-hydrogen) atoms. The summed E-state index contributed by atoms with van der Waals surface area (Å²) in [5.74, 6) is -0.324. The molecule has 0 radical (unpaired) electrons. The lowest BCUT2D eigenvalue weighted by Crippen LogP contribution is -2.04. The van der Waals surface area contributed by atoms with Crippen LogP contribution in [-0.4, -0.2) is 22.5 Å². The smallest absolute Gasteiger partial charge is 0.354 e. The Morgan fingerprint density at radius 3 is 2.87 bits per heavy atom. The Bertz CT molecular complexity index is 443. The summed E-state index contributed by atoms with van der Waals surface area (Å²) < 4.78 is 4.88. The number of ether oxygens (including phenoxy) is 1. The second-order valence-electron chi connectivity index (χ2n) is 3.09. The number of rotatable bonds is 3. The van der Waals surface area contributed by atoms with E-state index in [0.29, 0.717) is 12.3 Å². The van der Waals surface area contributed by atoms with E-state index in [4.69, 9.17) is 4.74 Å². The Morgan fingerprint density at radius 2 is 2.20 bits per heavy atom. The number of carbonyl (C=O) groups excluding carboxylic acids is 1. The van der Waals surface area contributed by atoms with E-state index in [1.54, 1.807) is 13.0 Å². The van der Waals surface area contributed by atoms with E-state index < -0.39 is 0 Å². The molecule has 78 valence electrons. The van der Waals surface area contributed by atoms with E-state index in [-0.39, 0.29) is 5.97 Å². The topological polar surface area (TPSA) is 57.9 Å². The summed E-state index contributed by atoms with van der Waals surface area (Å²) in [6.45, 7) is 2.17. The van der Waals surface area contributed by atoms with E-state index in [1.807, 2.05) is 24.4 Å². The van der Waals surface area contributed by atoms with Crippen LogP contribution in [0.1, 0.15) is 17.4 Å². The third-order valence-electron chi connectivity index (χ3n) is 2.07. The van der Waals surface area contributed by atoms with Crippen molar-refractivity contribution in [3.63, 3.8) is 0 Å². The lowest BCUT2D eigenvalue weighted by molar-refractivity contribution is 0.0520. The predicted molar refractivity (Wildman–Crippen MR) is 56.5 cm³/mol. The number of H-pyrrole nitrogens is 2. The molecule has 0 aliphatic carbocycles. The van der Waals surface area contributed by atoms with Crippen molar-refractivity contribution in [2.75, 3.05) is 6.61 Å². The largest absolute Gasteiger partial charge is 0.461 e. The molecule has 0 spiro atoms. The first-order chi connectivity index (χ1) is 7.31. The van der Waals surface area contributed by atoms with Crippen LogP contribution >= 0.6 is 0 Å². The molecule has 0 aromatic carbocycles. The second kappa shape index (κ2) is 4.04. The Balaban J connectivity index is 2.21. The summed E-state index contributed by atoms with van der Waals surface area (Å²) in [4.78, 5) is 17.4. The molecule has 0 saturated carbocycles. The van der Waals surface area contributed by atoms with Crippen molar-refractivity contribution in [2.45, 2.75) is 6.92 Å². The Morgan fingerprint density at radius 1 is 1.33 bits per heavy atom. The van der Waals surface area contributed by atoms with Gasteiger partial charge in [0.05, 0.1) is 18.0 Å². The van der Waals surface area contributed by atoms with E-state index in [2.05, 4.69) is 9.97 Å². The minimum absolute atomic E-state index is 0.324. The fourth-order valence-electron chi connectivity index (χ4n) is 1.38. The molecule has 4 heteroatoms. The van der Waals surface area contributed by atoms with Crippen molar-refractivity contribution in [3.8, 4) is 11.4 Å². The Labute approximate surface area is 87.3 Å². The number of carbonyl (C=O) groups is 1. The summed E-state index contributed by atoms with van der Waals surface area (Å²) in [5, 5.41) is 0. The third kappa shape index (κ3) is 1.93. The van der Waals surface area contributed by atoms with Gasteiger partial charge < -0.3 is 14.7 Å². The number of aromatic nitrogens is 2. The molecule has 2 heterocycles. The van der Waals surface area contributed by atoms with Gasteiger partial charge >= 0.3 is 5.97 Å². The van der Waals surface area contributed by atoms with E-state index >= 15 is 0 Å². The van der Waals surface area contributed by atoms with Crippen LogP contribution in [0.3, 0.4) is 0 Å². The summed E-state index contributed by atoms with van der Waals surface area (Å²) in [6, 6.07) is 7.40. The van der Waals surface area contributed by atoms with Crippen LogP contribution < -0.4 is 0 Å². The van der Waals surface area contributed by atoms with Gasteiger partial charge in [0, 0.05) is 6.20 Å². The molecule has 0 saturated heterocycles. The van der Waals surface area contributed by atoms with E-state index in [1.165, 1.54) is 0 Å². The fraction of sp³-hybridized carbons (Fsp3) is 0.182. The average molecular weight is 204 g/mol. The fourth-order valence-corrected chi connectivity index (χ4v) is 1.38. The van der Waals surface area contributed by atoms with Crippen LogP contribution in [0, 0.1) is 0 Å². The second-order valence-corrected chi connectivity index (χ2v) is 3.09. The lowest BCUT2D eigenvalue weighted by atomic mass is 10.3.